The quantitative estimate of drug-likeness (QED) is 0.648. The Hall–Kier alpha value is -2.26. The summed E-state index contributed by atoms with van der Waals surface area (Å²) in [4.78, 5) is 6.93. The van der Waals surface area contributed by atoms with Gasteiger partial charge >= 0.3 is 0 Å². The molecule has 0 radical (unpaired) electrons. The molecule has 1 atom stereocenters. The normalized spacial score (nSPS) is 20.7. The zero-order valence-corrected chi connectivity index (χ0v) is 18.5. The Kier molecular flexibility index (Phi) is 5.79. The second kappa shape index (κ2) is 8.70. The largest absolute Gasteiger partial charge is 0.391 e. The molecular formula is C22H28ClN7O. The van der Waals surface area contributed by atoms with Gasteiger partial charge in [-0.1, -0.05) is 41.9 Å². The fourth-order valence-corrected chi connectivity index (χ4v) is 4.71. The number of hydrogen-bond donors (Lipinski definition) is 1. The number of aliphatic hydroxyl groups excluding tert-OH is 1. The smallest absolute Gasteiger partial charge is 0.184 e. The van der Waals surface area contributed by atoms with Crippen LogP contribution in [-0.2, 0) is 6.54 Å². The van der Waals surface area contributed by atoms with Crippen molar-refractivity contribution in [3.63, 3.8) is 0 Å². The Morgan fingerprint density at radius 1 is 1.03 bits per heavy atom. The van der Waals surface area contributed by atoms with E-state index in [0.29, 0.717) is 22.9 Å². The van der Waals surface area contributed by atoms with E-state index < -0.39 is 0 Å². The van der Waals surface area contributed by atoms with Gasteiger partial charge in [-0.05, 0) is 13.5 Å². The maximum absolute atomic E-state index is 10.1. The summed E-state index contributed by atoms with van der Waals surface area (Å²) in [6.45, 7) is 7.25. The van der Waals surface area contributed by atoms with Crippen LogP contribution in [0.4, 0.5) is 5.82 Å². The van der Waals surface area contributed by atoms with Crippen LogP contribution in [0.3, 0.4) is 0 Å². The number of aromatic nitrogens is 4. The van der Waals surface area contributed by atoms with Crippen LogP contribution in [0, 0.1) is 0 Å². The minimum Gasteiger partial charge on any atom is -0.391 e. The van der Waals surface area contributed by atoms with Gasteiger partial charge in [0.2, 0.25) is 0 Å². The van der Waals surface area contributed by atoms with E-state index in [9.17, 15) is 5.11 Å². The summed E-state index contributed by atoms with van der Waals surface area (Å²) < 4.78 is 1.93. The fourth-order valence-electron chi connectivity index (χ4n) is 4.40. The lowest BCUT2D eigenvalue weighted by Crippen LogP contribution is -2.45. The predicted molar refractivity (Wildman–Crippen MR) is 123 cm³/mol. The maximum Gasteiger partial charge on any atom is 0.184 e. The van der Waals surface area contributed by atoms with Crippen LogP contribution in [0.5, 0.6) is 0 Å². The number of likely N-dealkylation sites (N-methyl/N-ethyl adjacent to an activating group) is 1. The molecule has 4 heterocycles. The Morgan fingerprint density at radius 3 is 2.52 bits per heavy atom. The van der Waals surface area contributed by atoms with E-state index in [-0.39, 0.29) is 6.10 Å². The molecule has 2 fully saturated rings. The molecule has 164 valence electrons. The lowest BCUT2D eigenvalue weighted by molar-refractivity contribution is 0.149. The zero-order valence-electron chi connectivity index (χ0n) is 17.8. The van der Waals surface area contributed by atoms with Crippen molar-refractivity contribution in [2.24, 2.45) is 0 Å². The molecule has 2 saturated heterocycles. The fraction of sp³-hybridized carbons (Fsp3) is 0.500. The number of aliphatic hydroxyl groups is 1. The molecule has 2 aliphatic heterocycles. The number of hydrogen-bond acceptors (Lipinski definition) is 7. The molecule has 0 aliphatic carbocycles. The third-order valence-electron chi connectivity index (χ3n) is 6.31. The molecule has 5 rings (SSSR count). The van der Waals surface area contributed by atoms with E-state index in [1.807, 2.05) is 35.0 Å². The third-order valence-corrected chi connectivity index (χ3v) is 6.68. The molecule has 1 aromatic carbocycles. The highest BCUT2D eigenvalue weighted by atomic mass is 35.5. The highest BCUT2D eigenvalue weighted by Crippen LogP contribution is 2.37. The molecule has 2 aliphatic rings. The first kappa shape index (κ1) is 20.6. The summed E-state index contributed by atoms with van der Waals surface area (Å²) in [6, 6.07) is 9.87. The second-order valence-corrected chi connectivity index (χ2v) is 8.89. The summed E-state index contributed by atoms with van der Waals surface area (Å²) in [5.41, 5.74) is 2.30. The van der Waals surface area contributed by atoms with Gasteiger partial charge in [0.25, 0.3) is 0 Å². The molecule has 0 bridgehead atoms. The molecule has 0 amide bonds. The van der Waals surface area contributed by atoms with Crippen LogP contribution in [0.25, 0.3) is 22.3 Å². The van der Waals surface area contributed by atoms with E-state index in [2.05, 4.69) is 31.9 Å². The van der Waals surface area contributed by atoms with Crippen LogP contribution >= 0.6 is 11.6 Å². The van der Waals surface area contributed by atoms with Crippen molar-refractivity contribution in [1.29, 1.82) is 0 Å². The van der Waals surface area contributed by atoms with E-state index >= 15 is 0 Å². The van der Waals surface area contributed by atoms with Crippen LogP contribution < -0.4 is 4.90 Å². The van der Waals surface area contributed by atoms with Crippen LogP contribution in [0.1, 0.15) is 6.42 Å². The van der Waals surface area contributed by atoms with Gasteiger partial charge in [-0.2, -0.15) is 5.10 Å². The van der Waals surface area contributed by atoms with Gasteiger partial charge in [-0.25, -0.2) is 4.68 Å². The summed E-state index contributed by atoms with van der Waals surface area (Å²) in [6.07, 6.45) is 0.393. The van der Waals surface area contributed by atoms with Gasteiger partial charge in [0.15, 0.2) is 11.5 Å². The van der Waals surface area contributed by atoms with Crippen molar-refractivity contribution in [2.75, 3.05) is 57.8 Å². The highest BCUT2D eigenvalue weighted by Gasteiger charge is 2.28. The van der Waals surface area contributed by atoms with E-state index in [4.69, 9.17) is 16.7 Å². The summed E-state index contributed by atoms with van der Waals surface area (Å²) in [5.74, 6) is 0.794. The van der Waals surface area contributed by atoms with Gasteiger partial charge in [-0.3, -0.25) is 4.90 Å². The summed E-state index contributed by atoms with van der Waals surface area (Å²) in [5, 5.41) is 25.4. The molecule has 9 heteroatoms. The number of β-amino-alcohol motifs (C(OH)–C–C–N with tert-alkyl or cyclic N) is 1. The van der Waals surface area contributed by atoms with Crippen molar-refractivity contribution < 1.29 is 5.11 Å². The van der Waals surface area contributed by atoms with Gasteiger partial charge in [0.1, 0.15) is 5.69 Å². The number of halogens is 1. The standard InChI is InChI=1S/C22H28ClN7O/c1-27-9-11-28(12-10-27)13-14-30-21-18(22(26-30)29-8-7-17(31)15-29)19(23)20(24-25-21)16-5-3-2-4-6-16/h2-6,17,31H,7-15H2,1H3. The first-order valence-corrected chi connectivity index (χ1v) is 11.3. The lowest BCUT2D eigenvalue weighted by Gasteiger charge is -2.32. The zero-order chi connectivity index (χ0) is 21.4. The van der Waals surface area contributed by atoms with Crippen molar-refractivity contribution in [2.45, 2.75) is 19.1 Å². The number of rotatable bonds is 5. The van der Waals surface area contributed by atoms with Crippen LogP contribution in [-0.4, -0.2) is 93.8 Å². The number of benzene rings is 1. The van der Waals surface area contributed by atoms with Crippen molar-refractivity contribution >= 4 is 28.5 Å². The molecular weight excluding hydrogens is 414 g/mol. The van der Waals surface area contributed by atoms with Gasteiger partial charge < -0.3 is 14.9 Å². The van der Waals surface area contributed by atoms with Crippen molar-refractivity contribution in [1.82, 2.24) is 29.8 Å². The molecule has 1 unspecified atom stereocenters. The first-order chi connectivity index (χ1) is 15.1. The monoisotopic (exact) mass is 441 g/mol. The lowest BCUT2D eigenvalue weighted by atomic mass is 10.1. The van der Waals surface area contributed by atoms with E-state index in [1.54, 1.807) is 0 Å². The molecule has 31 heavy (non-hydrogen) atoms. The topological polar surface area (TPSA) is 73.5 Å². The Bertz CT molecular complexity index is 1050. The minimum atomic E-state index is -0.340. The molecule has 0 spiro atoms. The summed E-state index contributed by atoms with van der Waals surface area (Å²) >= 11 is 6.91. The third kappa shape index (κ3) is 4.13. The SMILES string of the molecule is CN1CCN(CCn2nc(N3CCC(O)C3)c3c(Cl)c(-c4ccccc4)nnc32)CC1. The Morgan fingerprint density at radius 2 is 1.81 bits per heavy atom. The highest BCUT2D eigenvalue weighted by molar-refractivity contribution is 6.38. The van der Waals surface area contributed by atoms with Crippen LogP contribution in [0.15, 0.2) is 30.3 Å². The minimum absolute atomic E-state index is 0.340. The van der Waals surface area contributed by atoms with Crippen LogP contribution in [0.2, 0.25) is 5.02 Å². The van der Waals surface area contributed by atoms with Gasteiger partial charge in [0.05, 0.1) is 23.1 Å². The van der Waals surface area contributed by atoms with Gasteiger partial charge in [0, 0.05) is 51.4 Å². The number of piperazine rings is 1. The summed E-state index contributed by atoms with van der Waals surface area (Å²) in [7, 11) is 2.16. The number of fused-ring (bicyclic) bond motifs is 1. The van der Waals surface area contributed by atoms with Crippen molar-refractivity contribution in [3.05, 3.63) is 35.4 Å². The van der Waals surface area contributed by atoms with E-state index in [1.165, 1.54) is 0 Å². The first-order valence-electron chi connectivity index (χ1n) is 10.9. The molecule has 8 nitrogen and oxygen atoms in total. The second-order valence-electron chi connectivity index (χ2n) is 8.51. The average molecular weight is 442 g/mol. The number of nitrogens with zero attached hydrogens (tertiary/aromatic N) is 7. The predicted octanol–water partition coefficient (Wildman–Crippen LogP) is 1.97. The Balaban J connectivity index is 1.51. The van der Waals surface area contributed by atoms with E-state index in [0.717, 1.165) is 69.0 Å². The molecule has 3 aromatic rings. The molecule has 0 saturated carbocycles. The maximum atomic E-state index is 10.1. The average Bonchev–Trinajstić information content (AvgIpc) is 3.38. The Labute approximate surface area is 187 Å². The van der Waals surface area contributed by atoms with Gasteiger partial charge in [-0.15, -0.1) is 10.2 Å². The number of anilines is 1. The molecule has 1 N–H and O–H groups in total. The molecule has 2 aromatic heterocycles. The van der Waals surface area contributed by atoms with Crippen molar-refractivity contribution in [3.8, 4) is 11.3 Å².